The van der Waals surface area contributed by atoms with Crippen LogP contribution < -0.4 is 5.73 Å². The van der Waals surface area contributed by atoms with Gasteiger partial charge in [-0.3, -0.25) is 0 Å². The van der Waals surface area contributed by atoms with Gasteiger partial charge in [0, 0.05) is 12.5 Å². The first kappa shape index (κ1) is 14.6. The fourth-order valence-corrected chi connectivity index (χ4v) is 3.83. The Kier molecular flexibility index (Phi) is 4.57. The van der Waals surface area contributed by atoms with Gasteiger partial charge in [0.1, 0.15) is 0 Å². The molecule has 21 heavy (non-hydrogen) atoms. The van der Waals surface area contributed by atoms with Crippen LogP contribution in [0.5, 0.6) is 0 Å². The van der Waals surface area contributed by atoms with Gasteiger partial charge in [0.2, 0.25) is 0 Å². The Labute approximate surface area is 127 Å². The predicted octanol–water partition coefficient (Wildman–Crippen LogP) is 3.82. The molecule has 2 heteroatoms. The van der Waals surface area contributed by atoms with Crippen LogP contribution >= 0.6 is 0 Å². The third kappa shape index (κ3) is 2.97. The van der Waals surface area contributed by atoms with E-state index in [0.717, 1.165) is 12.8 Å². The van der Waals surface area contributed by atoms with Gasteiger partial charge in [-0.05, 0) is 35.1 Å². The van der Waals surface area contributed by atoms with Crippen molar-refractivity contribution in [2.75, 3.05) is 6.54 Å². The molecule has 0 amide bonds. The fourth-order valence-electron chi connectivity index (χ4n) is 3.83. The van der Waals surface area contributed by atoms with Crippen molar-refractivity contribution in [1.82, 2.24) is 0 Å². The number of hydrogen-bond donors (Lipinski definition) is 2. The van der Waals surface area contributed by atoms with Crippen LogP contribution in [0.4, 0.5) is 0 Å². The van der Waals surface area contributed by atoms with Crippen molar-refractivity contribution in [2.45, 2.75) is 44.1 Å². The quantitative estimate of drug-likeness (QED) is 0.896. The second-order valence-electron chi connectivity index (χ2n) is 6.30. The Morgan fingerprint density at radius 3 is 2.48 bits per heavy atom. The van der Waals surface area contributed by atoms with E-state index in [4.69, 9.17) is 5.73 Å². The minimum atomic E-state index is -0.318. The highest BCUT2D eigenvalue weighted by Gasteiger charge is 2.29. The number of fused-ring (bicyclic) bond motifs is 1. The van der Waals surface area contributed by atoms with Gasteiger partial charge in [0.15, 0.2) is 0 Å². The molecule has 1 aliphatic rings. The van der Waals surface area contributed by atoms with Gasteiger partial charge in [-0.2, -0.15) is 0 Å². The number of aliphatic hydroxyl groups excluding tert-OH is 1. The number of nitrogens with two attached hydrogens (primary N) is 1. The molecule has 0 radical (unpaired) electrons. The number of rotatable bonds is 4. The number of hydrogen-bond acceptors (Lipinski definition) is 2. The summed E-state index contributed by atoms with van der Waals surface area (Å²) in [6.45, 7) is 0.506. The van der Waals surface area contributed by atoms with Crippen molar-refractivity contribution in [3.8, 4) is 0 Å². The van der Waals surface area contributed by atoms with Gasteiger partial charge in [-0.25, -0.2) is 0 Å². The molecule has 0 aliphatic heterocycles. The molecule has 0 bridgehead atoms. The Balaban J connectivity index is 1.94. The van der Waals surface area contributed by atoms with Gasteiger partial charge in [0.05, 0.1) is 6.10 Å². The van der Waals surface area contributed by atoms with Gasteiger partial charge >= 0.3 is 0 Å². The monoisotopic (exact) mass is 283 g/mol. The van der Waals surface area contributed by atoms with E-state index in [0.29, 0.717) is 12.5 Å². The van der Waals surface area contributed by atoms with Crippen LogP contribution in [0, 0.1) is 5.92 Å². The average molecular weight is 283 g/mol. The van der Waals surface area contributed by atoms with E-state index in [-0.39, 0.29) is 12.0 Å². The van der Waals surface area contributed by atoms with Crippen molar-refractivity contribution in [1.29, 1.82) is 0 Å². The van der Waals surface area contributed by atoms with Gasteiger partial charge in [-0.1, -0.05) is 61.7 Å². The lowest BCUT2D eigenvalue weighted by molar-refractivity contribution is 0.0628. The molecule has 0 heterocycles. The predicted molar refractivity (Wildman–Crippen MR) is 88.3 cm³/mol. The molecule has 3 rings (SSSR count). The van der Waals surface area contributed by atoms with Crippen LogP contribution in [-0.4, -0.2) is 17.8 Å². The fraction of sp³-hybridized carbons (Fsp3) is 0.474. The zero-order valence-electron chi connectivity index (χ0n) is 12.5. The van der Waals surface area contributed by atoms with E-state index in [1.165, 1.54) is 35.6 Å². The van der Waals surface area contributed by atoms with Gasteiger partial charge < -0.3 is 10.8 Å². The Morgan fingerprint density at radius 1 is 1.00 bits per heavy atom. The van der Waals surface area contributed by atoms with E-state index in [1.54, 1.807) is 0 Å². The second kappa shape index (κ2) is 6.59. The normalized spacial score (nSPS) is 19.5. The van der Waals surface area contributed by atoms with Crippen molar-refractivity contribution in [2.24, 2.45) is 11.7 Å². The van der Waals surface area contributed by atoms with Crippen LogP contribution in [0.2, 0.25) is 0 Å². The summed E-state index contributed by atoms with van der Waals surface area (Å²) in [6.07, 6.45) is 5.76. The molecule has 3 N–H and O–H groups in total. The summed E-state index contributed by atoms with van der Waals surface area (Å²) in [5.74, 6) is 0.450. The lowest BCUT2D eigenvalue weighted by Gasteiger charge is -2.32. The summed E-state index contributed by atoms with van der Waals surface area (Å²) in [6, 6.07) is 14.7. The third-order valence-corrected chi connectivity index (χ3v) is 5.02. The van der Waals surface area contributed by atoms with Crippen molar-refractivity contribution in [3.05, 3.63) is 48.0 Å². The van der Waals surface area contributed by atoms with Gasteiger partial charge in [-0.15, -0.1) is 0 Å². The van der Waals surface area contributed by atoms with Crippen LogP contribution in [0.15, 0.2) is 42.5 Å². The van der Waals surface area contributed by atoms with E-state index in [2.05, 4.69) is 42.5 Å². The molecule has 0 aromatic heterocycles. The van der Waals surface area contributed by atoms with Crippen LogP contribution in [0.25, 0.3) is 10.8 Å². The molecule has 0 saturated heterocycles. The van der Waals surface area contributed by atoms with E-state index in [9.17, 15) is 5.11 Å². The first-order valence-corrected chi connectivity index (χ1v) is 8.17. The van der Waals surface area contributed by atoms with Crippen LogP contribution in [0.1, 0.15) is 43.6 Å². The molecule has 0 spiro atoms. The minimum absolute atomic E-state index is 0.0409. The molecule has 2 aromatic rings. The Hall–Kier alpha value is -1.38. The topological polar surface area (TPSA) is 46.2 Å². The first-order chi connectivity index (χ1) is 10.3. The van der Waals surface area contributed by atoms with E-state index < -0.39 is 0 Å². The summed E-state index contributed by atoms with van der Waals surface area (Å²) in [5.41, 5.74) is 7.25. The zero-order chi connectivity index (χ0) is 14.7. The number of aliphatic hydroxyl groups is 1. The lowest BCUT2D eigenvalue weighted by atomic mass is 9.77. The molecule has 1 aliphatic carbocycles. The number of benzene rings is 2. The summed E-state index contributed by atoms with van der Waals surface area (Å²) < 4.78 is 0. The molecule has 2 nitrogen and oxygen atoms in total. The van der Waals surface area contributed by atoms with Crippen molar-refractivity contribution in [3.63, 3.8) is 0 Å². The summed E-state index contributed by atoms with van der Waals surface area (Å²) in [5, 5.41) is 13.3. The summed E-state index contributed by atoms with van der Waals surface area (Å²) >= 11 is 0. The highest BCUT2D eigenvalue weighted by Crippen LogP contribution is 2.35. The Bertz CT molecular complexity index is 584. The van der Waals surface area contributed by atoms with Crippen molar-refractivity contribution < 1.29 is 5.11 Å². The second-order valence-corrected chi connectivity index (χ2v) is 6.30. The molecule has 2 atom stereocenters. The maximum absolute atomic E-state index is 10.9. The SMILES string of the molecule is NC[C@@H](c1cccc2ccccc12)[C@H](O)C1CCCCC1. The molecule has 0 unspecified atom stereocenters. The molecule has 112 valence electrons. The van der Waals surface area contributed by atoms with Crippen LogP contribution in [-0.2, 0) is 0 Å². The van der Waals surface area contributed by atoms with Crippen LogP contribution in [0.3, 0.4) is 0 Å². The maximum Gasteiger partial charge on any atom is 0.0649 e. The lowest BCUT2D eigenvalue weighted by Crippen LogP contribution is -2.33. The third-order valence-electron chi connectivity index (χ3n) is 5.02. The molecular formula is C19H25NO. The summed E-state index contributed by atoms with van der Waals surface area (Å²) in [4.78, 5) is 0. The largest absolute Gasteiger partial charge is 0.392 e. The average Bonchev–Trinajstić information content (AvgIpc) is 2.56. The smallest absolute Gasteiger partial charge is 0.0649 e. The standard InChI is InChI=1S/C19H25NO/c20-13-18(19(21)15-8-2-1-3-9-15)17-12-6-10-14-7-4-5-11-16(14)17/h4-7,10-12,15,18-19,21H,1-3,8-9,13,20H2/t18-,19+/m0/s1. The molecule has 1 fully saturated rings. The zero-order valence-corrected chi connectivity index (χ0v) is 12.5. The first-order valence-electron chi connectivity index (χ1n) is 8.17. The van der Waals surface area contributed by atoms with E-state index in [1.807, 2.05) is 0 Å². The van der Waals surface area contributed by atoms with E-state index >= 15 is 0 Å². The highest BCUT2D eigenvalue weighted by atomic mass is 16.3. The summed E-state index contributed by atoms with van der Waals surface area (Å²) in [7, 11) is 0. The maximum atomic E-state index is 10.9. The molecule has 1 saturated carbocycles. The van der Waals surface area contributed by atoms with Crippen molar-refractivity contribution >= 4 is 10.8 Å². The molecular weight excluding hydrogens is 258 g/mol. The molecule has 2 aromatic carbocycles. The Morgan fingerprint density at radius 2 is 1.71 bits per heavy atom. The minimum Gasteiger partial charge on any atom is -0.392 e. The van der Waals surface area contributed by atoms with Gasteiger partial charge in [0.25, 0.3) is 0 Å². The highest BCUT2D eigenvalue weighted by molar-refractivity contribution is 5.86.